The summed E-state index contributed by atoms with van der Waals surface area (Å²) >= 11 is 0. The van der Waals surface area contributed by atoms with E-state index in [0.717, 1.165) is 5.56 Å². The number of rotatable bonds is 5. The van der Waals surface area contributed by atoms with Crippen LogP contribution in [0.2, 0.25) is 0 Å². The Hall–Kier alpha value is -3.02. The molecule has 5 nitrogen and oxygen atoms in total. The zero-order valence-electron chi connectivity index (χ0n) is 12.9. The fraction of sp³-hybridized carbons (Fsp3) is 0.167. The molecule has 0 saturated carbocycles. The van der Waals surface area contributed by atoms with Gasteiger partial charge in [0.05, 0.1) is 17.2 Å². The summed E-state index contributed by atoms with van der Waals surface area (Å²) in [6.07, 6.45) is 1.73. The summed E-state index contributed by atoms with van der Waals surface area (Å²) in [6.45, 7) is 0.297. The van der Waals surface area contributed by atoms with Gasteiger partial charge < -0.3 is 5.32 Å². The van der Waals surface area contributed by atoms with Crippen LogP contribution in [0.1, 0.15) is 5.56 Å². The van der Waals surface area contributed by atoms with Crippen LogP contribution < -0.4 is 10.9 Å². The normalized spacial score (nSPS) is 10.7. The SMILES string of the molecule is O=C(Cn1c(=O)cnc2ccccc21)NCCc1cccc(F)c1. The molecular weight excluding hydrogens is 309 g/mol. The fourth-order valence-electron chi connectivity index (χ4n) is 2.52. The van der Waals surface area contributed by atoms with Gasteiger partial charge in [-0.2, -0.15) is 0 Å². The highest BCUT2D eigenvalue weighted by molar-refractivity contribution is 5.79. The van der Waals surface area contributed by atoms with Crippen molar-refractivity contribution in [3.8, 4) is 0 Å². The number of carbonyl (C=O) groups is 1. The van der Waals surface area contributed by atoms with E-state index in [1.807, 2.05) is 6.07 Å². The lowest BCUT2D eigenvalue weighted by atomic mass is 10.1. The van der Waals surface area contributed by atoms with E-state index in [4.69, 9.17) is 0 Å². The number of hydrogen-bond donors (Lipinski definition) is 1. The Labute approximate surface area is 137 Å². The van der Waals surface area contributed by atoms with Crippen LogP contribution in [0.15, 0.2) is 59.5 Å². The van der Waals surface area contributed by atoms with Crippen LogP contribution in [0.5, 0.6) is 0 Å². The molecule has 1 amide bonds. The van der Waals surface area contributed by atoms with Crippen molar-refractivity contribution in [2.75, 3.05) is 6.54 Å². The van der Waals surface area contributed by atoms with Crippen molar-refractivity contribution < 1.29 is 9.18 Å². The van der Waals surface area contributed by atoms with Crippen LogP contribution in [0.4, 0.5) is 4.39 Å². The number of aromatic nitrogens is 2. The maximum atomic E-state index is 13.1. The molecule has 1 N–H and O–H groups in total. The molecule has 3 rings (SSSR count). The molecule has 24 heavy (non-hydrogen) atoms. The van der Waals surface area contributed by atoms with Crippen molar-refractivity contribution >= 4 is 16.9 Å². The quantitative estimate of drug-likeness (QED) is 0.779. The Kier molecular flexibility index (Phi) is 4.65. The highest BCUT2D eigenvalue weighted by Crippen LogP contribution is 2.08. The summed E-state index contributed by atoms with van der Waals surface area (Å²) in [5, 5.41) is 2.75. The van der Waals surface area contributed by atoms with Crippen molar-refractivity contribution in [1.82, 2.24) is 14.9 Å². The molecule has 0 radical (unpaired) electrons. The van der Waals surface area contributed by atoms with E-state index < -0.39 is 0 Å². The van der Waals surface area contributed by atoms with Gasteiger partial charge in [-0.15, -0.1) is 0 Å². The molecular formula is C18H16FN3O2. The van der Waals surface area contributed by atoms with E-state index in [-0.39, 0.29) is 23.8 Å². The number of carbonyl (C=O) groups excluding carboxylic acids is 1. The van der Waals surface area contributed by atoms with E-state index in [1.165, 1.54) is 22.9 Å². The number of benzene rings is 2. The number of para-hydroxylation sites is 2. The Morgan fingerprint density at radius 1 is 1.17 bits per heavy atom. The van der Waals surface area contributed by atoms with Gasteiger partial charge in [-0.05, 0) is 36.2 Å². The van der Waals surface area contributed by atoms with Crippen molar-refractivity contribution in [3.63, 3.8) is 0 Å². The molecule has 0 aliphatic carbocycles. The first kappa shape index (κ1) is 15.9. The van der Waals surface area contributed by atoms with Gasteiger partial charge in [0.1, 0.15) is 12.4 Å². The first-order valence-electron chi connectivity index (χ1n) is 7.59. The van der Waals surface area contributed by atoms with Gasteiger partial charge in [-0.25, -0.2) is 9.37 Å². The van der Waals surface area contributed by atoms with Crippen molar-refractivity contribution in [3.05, 3.63) is 76.5 Å². The number of hydrogen-bond acceptors (Lipinski definition) is 3. The first-order chi connectivity index (χ1) is 11.6. The van der Waals surface area contributed by atoms with Gasteiger partial charge in [0.15, 0.2) is 0 Å². The van der Waals surface area contributed by atoms with E-state index in [9.17, 15) is 14.0 Å². The molecule has 0 atom stereocenters. The third-order valence-electron chi connectivity index (χ3n) is 3.68. The number of amides is 1. The number of halogens is 1. The summed E-state index contributed by atoms with van der Waals surface area (Å²) in [6, 6.07) is 13.4. The van der Waals surface area contributed by atoms with E-state index in [1.54, 1.807) is 30.3 Å². The molecule has 0 bridgehead atoms. The Morgan fingerprint density at radius 3 is 2.83 bits per heavy atom. The lowest BCUT2D eigenvalue weighted by Crippen LogP contribution is -2.33. The van der Waals surface area contributed by atoms with Crippen molar-refractivity contribution in [1.29, 1.82) is 0 Å². The van der Waals surface area contributed by atoms with Gasteiger partial charge in [0, 0.05) is 6.54 Å². The summed E-state index contributed by atoms with van der Waals surface area (Å²) in [5.74, 6) is -0.571. The van der Waals surface area contributed by atoms with Gasteiger partial charge in [0.2, 0.25) is 5.91 Å². The van der Waals surface area contributed by atoms with Gasteiger partial charge in [0.25, 0.3) is 5.56 Å². The lowest BCUT2D eigenvalue weighted by molar-refractivity contribution is -0.121. The van der Waals surface area contributed by atoms with Crippen LogP contribution in [-0.4, -0.2) is 22.0 Å². The largest absolute Gasteiger partial charge is 0.354 e. The number of fused-ring (bicyclic) bond motifs is 1. The highest BCUT2D eigenvalue weighted by Gasteiger charge is 2.08. The van der Waals surface area contributed by atoms with E-state index in [2.05, 4.69) is 10.3 Å². The van der Waals surface area contributed by atoms with Crippen molar-refractivity contribution in [2.45, 2.75) is 13.0 Å². The summed E-state index contributed by atoms with van der Waals surface area (Å²) in [4.78, 5) is 28.1. The summed E-state index contributed by atoms with van der Waals surface area (Å²) in [5.41, 5.74) is 1.76. The minimum absolute atomic E-state index is 0.0784. The molecule has 0 spiro atoms. The topological polar surface area (TPSA) is 64.0 Å². The molecule has 0 fully saturated rings. The number of nitrogens with zero attached hydrogens (tertiary/aromatic N) is 2. The minimum Gasteiger partial charge on any atom is -0.354 e. The Morgan fingerprint density at radius 2 is 2.00 bits per heavy atom. The predicted octanol–water partition coefficient (Wildman–Crippen LogP) is 1.89. The maximum Gasteiger partial charge on any atom is 0.269 e. The van der Waals surface area contributed by atoms with Gasteiger partial charge in [-0.3, -0.25) is 14.2 Å². The zero-order valence-corrected chi connectivity index (χ0v) is 12.9. The molecule has 2 aromatic carbocycles. The summed E-state index contributed by atoms with van der Waals surface area (Å²) < 4.78 is 14.5. The van der Waals surface area contributed by atoms with E-state index >= 15 is 0 Å². The highest BCUT2D eigenvalue weighted by atomic mass is 19.1. The van der Waals surface area contributed by atoms with E-state index in [0.29, 0.717) is 24.0 Å². The van der Waals surface area contributed by atoms with Crippen LogP contribution in [0, 0.1) is 5.82 Å². The zero-order chi connectivity index (χ0) is 16.9. The van der Waals surface area contributed by atoms with Crippen molar-refractivity contribution in [2.24, 2.45) is 0 Å². The molecule has 0 saturated heterocycles. The standard InChI is InChI=1S/C18H16FN3O2/c19-14-5-3-4-13(10-14)8-9-20-17(23)12-22-16-7-2-1-6-15(16)21-11-18(22)24/h1-7,10-11H,8-9,12H2,(H,20,23). The average molecular weight is 325 g/mol. The Balaban J connectivity index is 1.65. The Bertz CT molecular complexity index is 937. The third kappa shape index (κ3) is 3.65. The fourth-order valence-corrected chi connectivity index (χ4v) is 2.52. The molecule has 0 aliphatic heterocycles. The molecule has 0 unspecified atom stereocenters. The molecule has 1 aromatic heterocycles. The summed E-state index contributed by atoms with van der Waals surface area (Å²) in [7, 11) is 0. The van der Waals surface area contributed by atoms with Crippen LogP contribution >= 0.6 is 0 Å². The third-order valence-corrected chi connectivity index (χ3v) is 3.68. The van der Waals surface area contributed by atoms with Crippen LogP contribution in [-0.2, 0) is 17.8 Å². The van der Waals surface area contributed by atoms with Crippen LogP contribution in [0.25, 0.3) is 11.0 Å². The minimum atomic E-state index is -0.325. The molecule has 6 heteroatoms. The predicted molar refractivity (Wildman–Crippen MR) is 89.1 cm³/mol. The second kappa shape index (κ2) is 7.04. The smallest absolute Gasteiger partial charge is 0.269 e. The van der Waals surface area contributed by atoms with Gasteiger partial charge >= 0.3 is 0 Å². The number of nitrogens with one attached hydrogen (secondary N) is 1. The average Bonchev–Trinajstić information content (AvgIpc) is 2.58. The first-order valence-corrected chi connectivity index (χ1v) is 7.59. The lowest BCUT2D eigenvalue weighted by Gasteiger charge is -2.10. The molecule has 3 aromatic rings. The molecule has 122 valence electrons. The molecule has 1 heterocycles. The van der Waals surface area contributed by atoms with Gasteiger partial charge in [-0.1, -0.05) is 24.3 Å². The maximum absolute atomic E-state index is 13.1. The second-order valence-electron chi connectivity index (χ2n) is 5.40. The second-order valence-corrected chi connectivity index (χ2v) is 5.40. The van der Waals surface area contributed by atoms with Crippen LogP contribution in [0.3, 0.4) is 0 Å². The molecule has 0 aliphatic rings. The monoisotopic (exact) mass is 325 g/mol.